The third kappa shape index (κ3) is 2.74. The molecule has 1 saturated carbocycles. The van der Waals surface area contributed by atoms with Crippen LogP contribution in [0, 0.1) is 24.7 Å². The van der Waals surface area contributed by atoms with Gasteiger partial charge in [0, 0.05) is 12.4 Å². The van der Waals surface area contributed by atoms with Gasteiger partial charge >= 0.3 is 0 Å². The predicted octanol–water partition coefficient (Wildman–Crippen LogP) is 3.50. The zero-order valence-corrected chi connectivity index (χ0v) is 11.9. The highest BCUT2D eigenvalue weighted by atomic mass is 14.6. The molecule has 2 heteroatoms. The minimum atomic E-state index is 0.616. The average molecular weight is 246 g/mol. The molecule has 1 aromatic heterocycles. The molecule has 1 heterocycles. The number of rotatable bonds is 3. The van der Waals surface area contributed by atoms with Crippen molar-refractivity contribution in [3.8, 4) is 0 Å². The number of pyridine rings is 1. The standard InChI is InChI=1S/C16H26N2/c1-11(2)13-4-5-14(9-17)15(8-13)16-10-18-7-6-12(16)3/h6-7,10-11,13-15H,4-5,8-9,17H2,1-3H3. The molecule has 3 unspecified atom stereocenters. The van der Waals surface area contributed by atoms with Crippen molar-refractivity contribution in [1.82, 2.24) is 4.98 Å². The van der Waals surface area contributed by atoms with Gasteiger partial charge in [0.1, 0.15) is 0 Å². The fourth-order valence-electron chi connectivity index (χ4n) is 3.40. The van der Waals surface area contributed by atoms with E-state index < -0.39 is 0 Å². The second-order valence-corrected chi connectivity index (χ2v) is 6.15. The highest BCUT2D eigenvalue weighted by molar-refractivity contribution is 5.27. The quantitative estimate of drug-likeness (QED) is 0.886. The molecule has 0 amide bonds. The van der Waals surface area contributed by atoms with Crippen LogP contribution in [0.3, 0.4) is 0 Å². The SMILES string of the molecule is Cc1ccncc1C1CC(C(C)C)CCC1CN. The molecule has 2 rings (SSSR count). The van der Waals surface area contributed by atoms with Gasteiger partial charge in [-0.25, -0.2) is 0 Å². The van der Waals surface area contributed by atoms with E-state index in [4.69, 9.17) is 5.73 Å². The highest BCUT2D eigenvalue weighted by Crippen LogP contribution is 2.43. The van der Waals surface area contributed by atoms with Gasteiger partial charge in [-0.2, -0.15) is 0 Å². The molecule has 3 atom stereocenters. The fourth-order valence-corrected chi connectivity index (χ4v) is 3.40. The van der Waals surface area contributed by atoms with Crippen LogP contribution in [-0.4, -0.2) is 11.5 Å². The number of nitrogens with zero attached hydrogens (tertiary/aromatic N) is 1. The fraction of sp³-hybridized carbons (Fsp3) is 0.688. The summed E-state index contributed by atoms with van der Waals surface area (Å²) in [6.07, 6.45) is 7.85. The van der Waals surface area contributed by atoms with Gasteiger partial charge in [-0.15, -0.1) is 0 Å². The van der Waals surface area contributed by atoms with E-state index in [1.54, 1.807) is 0 Å². The van der Waals surface area contributed by atoms with E-state index in [9.17, 15) is 0 Å². The maximum atomic E-state index is 5.98. The highest BCUT2D eigenvalue weighted by Gasteiger charge is 2.32. The van der Waals surface area contributed by atoms with E-state index in [0.717, 1.165) is 18.4 Å². The van der Waals surface area contributed by atoms with E-state index in [2.05, 4.69) is 38.0 Å². The van der Waals surface area contributed by atoms with Crippen molar-refractivity contribution in [1.29, 1.82) is 0 Å². The number of aryl methyl sites for hydroxylation is 1. The van der Waals surface area contributed by atoms with Gasteiger partial charge in [-0.3, -0.25) is 4.98 Å². The third-order valence-corrected chi connectivity index (χ3v) is 4.76. The summed E-state index contributed by atoms with van der Waals surface area (Å²) in [5.74, 6) is 2.88. The van der Waals surface area contributed by atoms with E-state index in [1.807, 2.05) is 6.20 Å². The lowest BCUT2D eigenvalue weighted by atomic mass is 9.68. The van der Waals surface area contributed by atoms with E-state index in [1.165, 1.54) is 30.4 Å². The summed E-state index contributed by atoms with van der Waals surface area (Å²) < 4.78 is 0. The Morgan fingerprint density at radius 2 is 2.17 bits per heavy atom. The second-order valence-electron chi connectivity index (χ2n) is 6.15. The van der Waals surface area contributed by atoms with Gasteiger partial charge in [-0.05, 0) is 73.6 Å². The van der Waals surface area contributed by atoms with Crippen molar-refractivity contribution >= 4 is 0 Å². The first-order valence-corrected chi connectivity index (χ1v) is 7.24. The van der Waals surface area contributed by atoms with Crippen molar-refractivity contribution in [3.05, 3.63) is 29.6 Å². The predicted molar refractivity (Wildman–Crippen MR) is 76.4 cm³/mol. The van der Waals surface area contributed by atoms with Crippen LogP contribution in [0.4, 0.5) is 0 Å². The lowest BCUT2D eigenvalue weighted by molar-refractivity contribution is 0.197. The summed E-state index contributed by atoms with van der Waals surface area (Å²) in [5.41, 5.74) is 8.78. The molecule has 0 bridgehead atoms. The topological polar surface area (TPSA) is 38.9 Å². The molecule has 0 aliphatic heterocycles. The first-order valence-electron chi connectivity index (χ1n) is 7.24. The maximum Gasteiger partial charge on any atom is 0.0305 e. The molecule has 1 aliphatic rings. The molecule has 2 nitrogen and oxygen atoms in total. The summed E-state index contributed by atoms with van der Waals surface area (Å²) in [7, 11) is 0. The van der Waals surface area contributed by atoms with E-state index >= 15 is 0 Å². The van der Waals surface area contributed by atoms with Gasteiger partial charge in [0.2, 0.25) is 0 Å². The molecule has 2 N–H and O–H groups in total. The monoisotopic (exact) mass is 246 g/mol. The number of aromatic nitrogens is 1. The number of hydrogen-bond donors (Lipinski definition) is 1. The molecule has 0 radical (unpaired) electrons. The van der Waals surface area contributed by atoms with Crippen LogP contribution in [0.5, 0.6) is 0 Å². The van der Waals surface area contributed by atoms with Crippen LogP contribution in [0.2, 0.25) is 0 Å². The van der Waals surface area contributed by atoms with Crippen LogP contribution >= 0.6 is 0 Å². The molecule has 1 aromatic rings. The van der Waals surface area contributed by atoms with Crippen LogP contribution in [0.25, 0.3) is 0 Å². The largest absolute Gasteiger partial charge is 0.330 e. The Morgan fingerprint density at radius 3 is 2.78 bits per heavy atom. The van der Waals surface area contributed by atoms with Gasteiger partial charge < -0.3 is 5.73 Å². The summed E-state index contributed by atoms with van der Waals surface area (Å²) in [6, 6.07) is 2.13. The smallest absolute Gasteiger partial charge is 0.0305 e. The van der Waals surface area contributed by atoms with E-state index in [-0.39, 0.29) is 0 Å². The zero-order valence-electron chi connectivity index (χ0n) is 11.9. The van der Waals surface area contributed by atoms with Crippen LogP contribution < -0.4 is 5.73 Å². The van der Waals surface area contributed by atoms with Crippen LogP contribution in [-0.2, 0) is 0 Å². The Kier molecular flexibility index (Phi) is 4.39. The van der Waals surface area contributed by atoms with Gasteiger partial charge in [0.05, 0.1) is 0 Å². The minimum Gasteiger partial charge on any atom is -0.330 e. The van der Waals surface area contributed by atoms with Gasteiger partial charge in [0.25, 0.3) is 0 Å². The van der Waals surface area contributed by atoms with Crippen molar-refractivity contribution in [3.63, 3.8) is 0 Å². The van der Waals surface area contributed by atoms with Crippen LogP contribution in [0.15, 0.2) is 18.5 Å². The summed E-state index contributed by atoms with van der Waals surface area (Å²) in [5, 5.41) is 0. The molecule has 0 aromatic carbocycles. The first kappa shape index (κ1) is 13.5. The molecule has 0 saturated heterocycles. The molecular formula is C16H26N2. The Labute approximate surface area is 111 Å². The molecular weight excluding hydrogens is 220 g/mol. The number of hydrogen-bond acceptors (Lipinski definition) is 2. The Morgan fingerprint density at radius 1 is 1.39 bits per heavy atom. The van der Waals surface area contributed by atoms with E-state index in [0.29, 0.717) is 11.8 Å². The van der Waals surface area contributed by atoms with Crippen molar-refractivity contribution < 1.29 is 0 Å². The zero-order chi connectivity index (χ0) is 13.1. The Bertz CT molecular complexity index is 386. The first-order chi connectivity index (χ1) is 8.63. The van der Waals surface area contributed by atoms with Crippen molar-refractivity contribution in [2.75, 3.05) is 6.54 Å². The van der Waals surface area contributed by atoms with Crippen molar-refractivity contribution in [2.24, 2.45) is 23.5 Å². The van der Waals surface area contributed by atoms with Crippen LogP contribution in [0.1, 0.15) is 50.2 Å². The molecule has 1 fully saturated rings. The average Bonchev–Trinajstić information content (AvgIpc) is 2.38. The van der Waals surface area contributed by atoms with Gasteiger partial charge in [-0.1, -0.05) is 13.8 Å². The molecule has 1 aliphatic carbocycles. The summed E-state index contributed by atoms with van der Waals surface area (Å²) in [4.78, 5) is 4.32. The Balaban J connectivity index is 2.24. The molecule has 18 heavy (non-hydrogen) atoms. The Hall–Kier alpha value is -0.890. The summed E-state index contributed by atoms with van der Waals surface area (Å²) in [6.45, 7) is 7.70. The minimum absolute atomic E-state index is 0.616. The molecule has 100 valence electrons. The third-order valence-electron chi connectivity index (χ3n) is 4.76. The maximum absolute atomic E-state index is 5.98. The summed E-state index contributed by atoms with van der Waals surface area (Å²) >= 11 is 0. The lowest BCUT2D eigenvalue weighted by Crippen LogP contribution is -2.31. The number of nitrogens with two attached hydrogens (primary N) is 1. The molecule has 0 spiro atoms. The second kappa shape index (κ2) is 5.83. The lowest BCUT2D eigenvalue weighted by Gasteiger charge is -2.38. The van der Waals surface area contributed by atoms with Crippen molar-refractivity contribution in [2.45, 2.75) is 46.0 Å². The normalized spacial score (nSPS) is 28.6. The van der Waals surface area contributed by atoms with Gasteiger partial charge in [0.15, 0.2) is 0 Å².